The Morgan fingerprint density at radius 1 is 1.40 bits per heavy atom. The first-order valence-corrected chi connectivity index (χ1v) is 8.25. The fraction of sp³-hybridized carbons (Fsp3) is 0.538. The highest BCUT2D eigenvalue weighted by Gasteiger charge is 2.20. The van der Waals surface area contributed by atoms with Crippen molar-refractivity contribution in [1.29, 1.82) is 0 Å². The molecule has 0 aliphatic heterocycles. The Bertz CT molecular complexity index is 529. The van der Waals surface area contributed by atoms with Crippen molar-refractivity contribution in [2.45, 2.75) is 20.4 Å². The van der Waals surface area contributed by atoms with Crippen LogP contribution in [0.4, 0.5) is 0 Å². The zero-order chi connectivity index (χ0) is 15.2. The molecule has 0 unspecified atom stereocenters. The summed E-state index contributed by atoms with van der Waals surface area (Å²) in [6.07, 6.45) is 2.68. The number of hydrogen-bond acceptors (Lipinski definition) is 4. The molecule has 0 aliphatic rings. The predicted octanol–water partition coefficient (Wildman–Crippen LogP) is 0.615. The number of carbonyl (C=O) groups excluding carboxylic acids is 1. The lowest BCUT2D eigenvalue weighted by molar-refractivity contribution is -0.121. The molecule has 1 heterocycles. The SMILES string of the molecule is CC(C)CNC(=O)CN(Cc1ccccn1)S(C)(=O)=O. The lowest BCUT2D eigenvalue weighted by atomic mass is 10.2. The monoisotopic (exact) mass is 299 g/mol. The van der Waals surface area contributed by atoms with Crippen molar-refractivity contribution in [3.63, 3.8) is 0 Å². The molecule has 0 saturated carbocycles. The van der Waals surface area contributed by atoms with Crippen LogP contribution in [-0.2, 0) is 21.4 Å². The minimum Gasteiger partial charge on any atom is -0.355 e. The molecule has 0 aliphatic carbocycles. The minimum atomic E-state index is -3.46. The molecule has 0 bridgehead atoms. The molecule has 1 amide bonds. The van der Waals surface area contributed by atoms with E-state index in [2.05, 4.69) is 10.3 Å². The molecule has 0 atom stereocenters. The van der Waals surface area contributed by atoms with Gasteiger partial charge in [0.15, 0.2) is 0 Å². The van der Waals surface area contributed by atoms with Crippen molar-refractivity contribution in [3.05, 3.63) is 30.1 Å². The summed E-state index contributed by atoms with van der Waals surface area (Å²) >= 11 is 0. The maximum absolute atomic E-state index is 11.8. The molecule has 7 heteroatoms. The van der Waals surface area contributed by atoms with Gasteiger partial charge in [-0.1, -0.05) is 19.9 Å². The first-order chi connectivity index (χ1) is 9.29. The Kier molecular flexibility index (Phi) is 6.09. The molecule has 1 rings (SSSR count). The topological polar surface area (TPSA) is 79.4 Å². The van der Waals surface area contributed by atoms with Gasteiger partial charge in [-0.2, -0.15) is 4.31 Å². The van der Waals surface area contributed by atoms with Crippen molar-refractivity contribution in [2.24, 2.45) is 5.92 Å². The van der Waals surface area contributed by atoms with Crippen LogP contribution in [0, 0.1) is 5.92 Å². The number of nitrogens with one attached hydrogen (secondary N) is 1. The number of sulfonamides is 1. The van der Waals surface area contributed by atoms with Gasteiger partial charge in [0.25, 0.3) is 0 Å². The maximum Gasteiger partial charge on any atom is 0.235 e. The quantitative estimate of drug-likeness (QED) is 0.800. The van der Waals surface area contributed by atoms with E-state index in [1.807, 2.05) is 13.8 Å². The summed E-state index contributed by atoms with van der Waals surface area (Å²) in [4.78, 5) is 15.8. The van der Waals surface area contributed by atoms with Gasteiger partial charge in [0, 0.05) is 12.7 Å². The van der Waals surface area contributed by atoms with E-state index < -0.39 is 10.0 Å². The van der Waals surface area contributed by atoms with E-state index >= 15 is 0 Å². The fourth-order valence-corrected chi connectivity index (χ4v) is 2.22. The summed E-state index contributed by atoms with van der Waals surface area (Å²) < 4.78 is 24.6. The van der Waals surface area contributed by atoms with Crippen LogP contribution in [0.15, 0.2) is 24.4 Å². The standard InChI is InChI=1S/C13H21N3O3S/c1-11(2)8-15-13(17)10-16(20(3,18)19)9-12-6-4-5-7-14-12/h4-7,11H,8-10H2,1-3H3,(H,15,17). The Morgan fingerprint density at radius 2 is 2.10 bits per heavy atom. The van der Waals surface area contributed by atoms with Crippen molar-refractivity contribution in [2.75, 3.05) is 19.3 Å². The van der Waals surface area contributed by atoms with E-state index in [1.54, 1.807) is 24.4 Å². The van der Waals surface area contributed by atoms with Crippen LogP contribution in [-0.4, -0.2) is 43.0 Å². The summed E-state index contributed by atoms with van der Waals surface area (Å²) in [5.41, 5.74) is 0.606. The van der Waals surface area contributed by atoms with Crippen LogP contribution < -0.4 is 5.32 Å². The number of pyridine rings is 1. The van der Waals surface area contributed by atoms with Crippen LogP contribution in [0.1, 0.15) is 19.5 Å². The van der Waals surface area contributed by atoms with Gasteiger partial charge in [0.2, 0.25) is 15.9 Å². The lowest BCUT2D eigenvalue weighted by Gasteiger charge is -2.19. The zero-order valence-corrected chi connectivity index (χ0v) is 12.9. The number of amides is 1. The van der Waals surface area contributed by atoms with Crippen LogP contribution in [0.5, 0.6) is 0 Å². The average Bonchev–Trinajstić information content (AvgIpc) is 2.36. The Morgan fingerprint density at radius 3 is 2.60 bits per heavy atom. The third-order valence-electron chi connectivity index (χ3n) is 2.56. The number of aromatic nitrogens is 1. The van der Waals surface area contributed by atoms with Gasteiger partial charge in [-0.3, -0.25) is 9.78 Å². The zero-order valence-electron chi connectivity index (χ0n) is 12.0. The molecular weight excluding hydrogens is 278 g/mol. The van der Waals surface area contributed by atoms with Crippen LogP contribution in [0.2, 0.25) is 0 Å². The molecule has 0 spiro atoms. The molecule has 0 fully saturated rings. The summed E-state index contributed by atoms with van der Waals surface area (Å²) in [6, 6.07) is 5.26. The van der Waals surface area contributed by atoms with E-state index in [4.69, 9.17) is 0 Å². The highest BCUT2D eigenvalue weighted by Crippen LogP contribution is 2.05. The smallest absolute Gasteiger partial charge is 0.235 e. The van der Waals surface area contributed by atoms with Gasteiger partial charge in [-0.25, -0.2) is 8.42 Å². The van der Waals surface area contributed by atoms with E-state index in [9.17, 15) is 13.2 Å². The van der Waals surface area contributed by atoms with E-state index in [-0.39, 0.29) is 19.0 Å². The normalized spacial score (nSPS) is 11.8. The highest BCUT2D eigenvalue weighted by atomic mass is 32.2. The van der Waals surface area contributed by atoms with Crippen molar-refractivity contribution in [3.8, 4) is 0 Å². The molecule has 1 aromatic rings. The largest absolute Gasteiger partial charge is 0.355 e. The lowest BCUT2D eigenvalue weighted by Crippen LogP contribution is -2.40. The van der Waals surface area contributed by atoms with Crippen molar-refractivity contribution < 1.29 is 13.2 Å². The molecule has 1 N–H and O–H groups in total. The third-order valence-corrected chi connectivity index (χ3v) is 3.76. The first kappa shape index (κ1) is 16.6. The molecule has 1 aromatic heterocycles. The maximum atomic E-state index is 11.8. The van der Waals surface area contributed by atoms with E-state index in [1.165, 1.54) is 0 Å². The van der Waals surface area contributed by atoms with Gasteiger partial charge in [0.05, 0.1) is 25.0 Å². The summed E-state index contributed by atoms with van der Waals surface area (Å²) in [5, 5.41) is 2.70. The fourth-order valence-electron chi connectivity index (χ4n) is 1.50. The second-order valence-corrected chi connectivity index (χ2v) is 7.03. The van der Waals surface area contributed by atoms with Gasteiger partial charge in [-0.15, -0.1) is 0 Å². The second kappa shape index (κ2) is 7.35. The van der Waals surface area contributed by atoms with Gasteiger partial charge in [0.1, 0.15) is 0 Å². The number of carbonyl (C=O) groups is 1. The van der Waals surface area contributed by atoms with Crippen molar-refractivity contribution >= 4 is 15.9 Å². The third kappa shape index (κ3) is 6.12. The molecule has 0 saturated heterocycles. The molecular formula is C13H21N3O3S. The molecule has 0 aromatic carbocycles. The van der Waals surface area contributed by atoms with Gasteiger partial charge >= 0.3 is 0 Å². The number of nitrogens with zero attached hydrogens (tertiary/aromatic N) is 2. The predicted molar refractivity (Wildman–Crippen MR) is 77.3 cm³/mol. The Balaban J connectivity index is 2.69. The first-order valence-electron chi connectivity index (χ1n) is 6.40. The summed E-state index contributed by atoms with van der Waals surface area (Å²) in [5.74, 6) is 0.0153. The second-order valence-electron chi connectivity index (χ2n) is 5.05. The highest BCUT2D eigenvalue weighted by molar-refractivity contribution is 7.88. The summed E-state index contributed by atoms with van der Waals surface area (Å²) in [7, 11) is -3.46. The Labute approximate surface area is 120 Å². The number of hydrogen-bond donors (Lipinski definition) is 1. The molecule has 0 radical (unpaired) electrons. The van der Waals surface area contributed by atoms with Crippen LogP contribution >= 0.6 is 0 Å². The van der Waals surface area contributed by atoms with Gasteiger partial charge < -0.3 is 5.32 Å². The van der Waals surface area contributed by atoms with Crippen molar-refractivity contribution in [1.82, 2.24) is 14.6 Å². The van der Waals surface area contributed by atoms with Gasteiger partial charge in [-0.05, 0) is 18.1 Å². The molecule has 112 valence electrons. The van der Waals surface area contributed by atoms with Crippen LogP contribution in [0.25, 0.3) is 0 Å². The number of rotatable bonds is 7. The average molecular weight is 299 g/mol. The van der Waals surface area contributed by atoms with E-state index in [0.29, 0.717) is 18.2 Å². The van der Waals surface area contributed by atoms with E-state index in [0.717, 1.165) is 10.6 Å². The minimum absolute atomic E-state index is 0.0920. The Hall–Kier alpha value is -1.47. The molecule has 6 nitrogen and oxygen atoms in total. The van der Waals surface area contributed by atoms with Crippen LogP contribution in [0.3, 0.4) is 0 Å². The molecule has 20 heavy (non-hydrogen) atoms. The summed E-state index contributed by atoms with van der Waals surface area (Å²) in [6.45, 7) is 4.38.